The van der Waals surface area contributed by atoms with E-state index in [1.165, 1.54) is 5.56 Å². The van der Waals surface area contributed by atoms with Crippen molar-refractivity contribution in [1.82, 2.24) is 4.57 Å². The highest BCUT2D eigenvalue weighted by Crippen LogP contribution is 2.38. The molecule has 2 atom stereocenters. The van der Waals surface area contributed by atoms with E-state index in [0.717, 1.165) is 30.6 Å². The van der Waals surface area contributed by atoms with E-state index in [0.29, 0.717) is 0 Å². The first-order chi connectivity index (χ1) is 10.9. The Balaban J connectivity index is 2.05. The van der Waals surface area contributed by atoms with Crippen molar-refractivity contribution in [3.05, 3.63) is 59.4 Å². The van der Waals surface area contributed by atoms with Crippen LogP contribution in [0.25, 0.3) is 0 Å². The van der Waals surface area contributed by atoms with Gasteiger partial charge in [-0.25, -0.2) is 0 Å². The van der Waals surface area contributed by atoms with Crippen LogP contribution in [0.2, 0.25) is 0 Å². The highest BCUT2D eigenvalue weighted by Gasteiger charge is 2.34. The summed E-state index contributed by atoms with van der Waals surface area (Å²) in [6.07, 6.45) is 3.70. The van der Waals surface area contributed by atoms with Crippen LogP contribution in [-0.4, -0.2) is 15.6 Å². The molecule has 122 valence electrons. The lowest BCUT2D eigenvalue weighted by atomic mass is 9.80. The van der Waals surface area contributed by atoms with Crippen molar-refractivity contribution in [2.24, 2.45) is 5.92 Å². The zero-order valence-electron chi connectivity index (χ0n) is 14.1. The minimum absolute atomic E-state index is 0.0704. The summed E-state index contributed by atoms with van der Waals surface area (Å²) in [5.74, 6) is -1.12. The topological polar surface area (TPSA) is 42.2 Å². The number of rotatable bonds is 2. The smallest absolute Gasteiger partial charge is 0.307 e. The van der Waals surface area contributed by atoms with Gasteiger partial charge in [-0.2, -0.15) is 0 Å². The molecule has 1 aromatic carbocycles. The molecule has 1 aromatic heterocycles. The predicted octanol–water partition coefficient (Wildman–Crippen LogP) is 4.41. The maximum atomic E-state index is 11.8. The van der Waals surface area contributed by atoms with Crippen molar-refractivity contribution >= 4 is 5.97 Å². The van der Waals surface area contributed by atoms with Crippen LogP contribution >= 0.6 is 0 Å². The van der Waals surface area contributed by atoms with Gasteiger partial charge < -0.3 is 9.67 Å². The van der Waals surface area contributed by atoms with E-state index in [1.807, 2.05) is 6.07 Å². The van der Waals surface area contributed by atoms with Gasteiger partial charge in [0, 0.05) is 24.4 Å². The number of aryl methyl sites for hydroxylation is 1. The number of carboxylic acid groups (broad SMARTS) is 1. The van der Waals surface area contributed by atoms with Gasteiger partial charge in [-0.15, -0.1) is 0 Å². The average molecular weight is 311 g/mol. The molecule has 0 aliphatic carbocycles. The summed E-state index contributed by atoms with van der Waals surface area (Å²) in [6, 6.07) is 12.6. The van der Waals surface area contributed by atoms with Crippen LogP contribution in [0, 0.1) is 5.92 Å². The fourth-order valence-corrected chi connectivity index (χ4v) is 3.63. The second-order valence-corrected chi connectivity index (χ2v) is 7.56. The summed E-state index contributed by atoms with van der Waals surface area (Å²) >= 11 is 0. The second-order valence-electron chi connectivity index (χ2n) is 7.56. The van der Waals surface area contributed by atoms with Crippen molar-refractivity contribution in [3.8, 4) is 0 Å². The molecule has 23 heavy (non-hydrogen) atoms. The summed E-state index contributed by atoms with van der Waals surface area (Å²) in [6.45, 7) is 7.49. The number of carboxylic acids is 1. The number of hydrogen-bond acceptors (Lipinski definition) is 1. The maximum Gasteiger partial charge on any atom is 0.307 e. The molecule has 3 heteroatoms. The Morgan fingerprint density at radius 2 is 1.87 bits per heavy atom. The van der Waals surface area contributed by atoms with Crippen LogP contribution in [-0.2, 0) is 16.8 Å². The highest BCUT2D eigenvalue weighted by molar-refractivity contribution is 5.72. The highest BCUT2D eigenvalue weighted by atomic mass is 16.4. The Morgan fingerprint density at radius 1 is 1.17 bits per heavy atom. The first-order valence-electron chi connectivity index (χ1n) is 8.36. The first-order valence-corrected chi connectivity index (χ1v) is 8.36. The molecule has 2 heterocycles. The average Bonchev–Trinajstić information content (AvgIpc) is 2.86. The van der Waals surface area contributed by atoms with Gasteiger partial charge in [-0.3, -0.25) is 4.79 Å². The monoisotopic (exact) mass is 311 g/mol. The van der Waals surface area contributed by atoms with Crippen molar-refractivity contribution < 1.29 is 9.90 Å². The van der Waals surface area contributed by atoms with E-state index in [-0.39, 0.29) is 17.3 Å². The normalized spacial score (nSPS) is 21.5. The fourth-order valence-electron chi connectivity index (χ4n) is 3.63. The molecule has 0 saturated carbocycles. The predicted molar refractivity (Wildman–Crippen MR) is 91.8 cm³/mol. The van der Waals surface area contributed by atoms with Crippen LogP contribution < -0.4 is 0 Å². The van der Waals surface area contributed by atoms with Crippen LogP contribution in [0.3, 0.4) is 0 Å². The summed E-state index contributed by atoms with van der Waals surface area (Å²) < 4.78 is 2.21. The van der Waals surface area contributed by atoms with Gasteiger partial charge in [0.2, 0.25) is 0 Å². The lowest BCUT2D eigenvalue weighted by Gasteiger charge is -2.25. The fraction of sp³-hybridized carbons (Fsp3) is 0.450. The molecule has 2 aromatic rings. The molecule has 0 bridgehead atoms. The first kappa shape index (κ1) is 15.9. The lowest BCUT2D eigenvalue weighted by Crippen LogP contribution is -2.23. The molecule has 0 radical (unpaired) electrons. The van der Waals surface area contributed by atoms with E-state index in [9.17, 15) is 9.90 Å². The number of hydrogen-bond donors (Lipinski definition) is 1. The van der Waals surface area contributed by atoms with Crippen molar-refractivity contribution in [3.63, 3.8) is 0 Å². The number of aliphatic carboxylic acids is 1. The van der Waals surface area contributed by atoms with Crippen LogP contribution in [0.5, 0.6) is 0 Å². The number of benzene rings is 1. The zero-order valence-corrected chi connectivity index (χ0v) is 14.1. The maximum absolute atomic E-state index is 11.8. The van der Waals surface area contributed by atoms with Crippen molar-refractivity contribution in [2.75, 3.05) is 0 Å². The van der Waals surface area contributed by atoms with Crippen molar-refractivity contribution in [1.29, 1.82) is 0 Å². The third-order valence-corrected chi connectivity index (χ3v) is 4.95. The molecule has 1 aliphatic rings. The molecule has 0 amide bonds. The van der Waals surface area contributed by atoms with Gasteiger partial charge in [0.05, 0.1) is 5.92 Å². The minimum atomic E-state index is -0.690. The number of nitrogens with zero attached hydrogens (tertiary/aromatic N) is 1. The van der Waals surface area contributed by atoms with Crippen molar-refractivity contribution in [2.45, 2.75) is 51.5 Å². The molecule has 1 aliphatic heterocycles. The van der Waals surface area contributed by atoms with Gasteiger partial charge in [0.25, 0.3) is 0 Å². The Morgan fingerprint density at radius 3 is 2.48 bits per heavy atom. The third-order valence-electron chi connectivity index (χ3n) is 4.95. The summed E-state index contributed by atoms with van der Waals surface area (Å²) in [5.41, 5.74) is 3.61. The Hall–Kier alpha value is -2.03. The second kappa shape index (κ2) is 5.88. The largest absolute Gasteiger partial charge is 0.481 e. The van der Waals surface area contributed by atoms with Gasteiger partial charge in [0.1, 0.15) is 0 Å². The number of fused-ring (bicyclic) bond motifs is 1. The number of carbonyl (C=O) groups is 1. The standard InChI is InChI=1S/C20H25NO2/c1-20(2,3)15-10-8-14(9-11-15)18-16(19(22)23)6-4-12-21-13-5-7-17(18)21/h5,7-11,13,16,18H,4,6,12H2,1-3H3,(H,22,23). The molecule has 0 saturated heterocycles. The van der Waals surface area contributed by atoms with Gasteiger partial charge in [-0.05, 0) is 41.5 Å². The van der Waals surface area contributed by atoms with E-state index in [1.54, 1.807) is 0 Å². The van der Waals surface area contributed by atoms with Gasteiger partial charge in [-0.1, -0.05) is 45.0 Å². The third kappa shape index (κ3) is 3.05. The Bertz CT molecular complexity index is 691. The minimum Gasteiger partial charge on any atom is -0.481 e. The summed E-state index contributed by atoms with van der Waals surface area (Å²) in [7, 11) is 0. The van der Waals surface area contributed by atoms with E-state index >= 15 is 0 Å². The molecule has 0 fully saturated rings. The molecular weight excluding hydrogens is 286 g/mol. The zero-order chi connectivity index (χ0) is 16.6. The SMILES string of the molecule is CC(C)(C)c1ccc(C2c3cccn3CCCC2C(=O)O)cc1. The van der Waals surface area contributed by atoms with E-state index < -0.39 is 5.97 Å². The van der Waals surface area contributed by atoms with E-state index in [4.69, 9.17) is 0 Å². The van der Waals surface area contributed by atoms with Gasteiger partial charge >= 0.3 is 5.97 Å². The lowest BCUT2D eigenvalue weighted by molar-refractivity contribution is -0.142. The van der Waals surface area contributed by atoms with Crippen LogP contribution in [0.15, 0.2) is 42.6 Å². The Kier molecular flexibility index (Phi) is 4.05. The Labute approximate surface area is 138 Å². The van der Waals surface area contributed by atoms with Crippen LogP contribution in [0.1, 0.15) is 56.4 Å². The molecule has 3 rings (SSSR count). The molecule has 2 unspecified atom stereocenters. The number of aromatic nitrogens is 1. The van der Waals surface area contributed by atoms with Gasteiger partial charge in [0.15, 0.2) is 0 Å². The molecule has 1 N–H and O–H groups in total. The molecular formula is C20H25NO2. The quantitative estimate of drug-likeness (QED) is 0.892. The summed E-state index contributed by atoms with van der Waals surface area (Å²) in [5, 5.41) is 9.73. The summed E-state index contributed by atoms with van der Waals surface area (Å²) in [4.78, 5) is 11.8. The van der Waals surface area contributed by atoms with E-state index in [2.05, 4.69) is 61.9 Å². The molecule has 3 nitrogen and oxygen atoms in total. The van der Waals surface area contributed by atoms with Crippen LogP contribution in [0.4, 0.5) is 0 Å². The molecule has 0 spiro atoms.